The number of nitro groups is 1. The van der Waals surface area contributed by atoms with Crippen molar-refractivity contribution in [1.82, 2.24) is 9.66 Å². The minimum absolute atomic E-state index is 0.0358. The maximum absolute atomic E-state index is 13.3. The molecule has 1 saturated carbocycles. The van der Waals surface area contributed by atoms with Gasteiger partial charge < -0.3 is 4.74 Å². The van der Waals surface area contributed by atoms with Gasteiger partial charge in [-0.25, -0.2) is 4.98 Å². The van der Waals surface area contributed by atoms with Crippen LogP contribution < -0.4 is 10.3 Å². The molecule has 3 aromatic carbocycles. The Morgan fingerprint density at radius 3 is 2.58 bits per heavy atom. The summed E-state index contributed by atoms with van der Waals surface area (Å²) in [6, 6.07) is 21.1. The number of hydrogen-bond donors (Lipinski definition) is 0. The number of non-ortho nitro benzene ring substituents is 1. The highest BCUT2D eigenvalue weighted by molar-refractivity contribution is 5.80. The first kappa shape index (κ1) is 23.4. The summed E-state index contributed by atoms with van der Waals surface area (Å²) < 4.78 is 7.24. The molecule has 1 fully saturated rings. The second-order valence-electron chi connectivity index (χ2n) is 8.97. The van der Waals surface area contributed by atoms with E-state index < -0.39 is 4.92 Å². The van der Waals surface area contributed by atoms with Crippen molar-refractivity contribution in [3.63, 3.8) is 0 Å². The molecule has 1 aliphatic rings. The number of fused-ring (bicyclic) bond motifs is 1. The number of benzene rings is 3. The van der Waals surface area contributed by atoms with Gasteiger partial charge in [-0.15, -0.1) is 0 Å². The van der Waals surface area contributed by atoms with E-state index in [1.807, 2.05) is 42.5 Å². The fourth-order valence-corrected chi connectivity index (χ4v) is 4.58. The zero-order valence-corrected chi connectivity index (χ0v) is 19.7. The number of ether oxygens (including phenoxy) is 1. The van der Waals surface area contributed by atoms with Gasteiger partial charge in [0.25, 0.3) is 11.2 Å². The van der Waals surface area contributed by atoms with Gasteiger partial charge in [0.2, 0.25) is 0 Å². The average molecular weight is 483 g/mol. The minimum Gasteiger partial charge on any atom is -0.489 e. The van der Waals surface area contributed by atoms with E-state index in [2.05, 4.69) is 5.10 Å². The van der Waals surface area contributed by atoms with Crippen LogP contribution in [-0.2, 0) is 6.61 Å². The zero-order valence-electron chi connectivity index (χ0n) is 19.7. The number of rotatable bonds is 7. The van der Waals surface area contributed by atoms with Crippen LogP contribution in [-0.4, -0.2) is 20.8 Å². The summed E-state index contributed by atoms with van der Waals surface area (Å²) in [6.07, 6.45) is 7.17. The van der Waals surface area contributed by atoms with Crippen molar-refractivity contribution in [1.29, 1.82) is 0 Å². The molecule has 0 amide bonds. The molecule has 0 atom stereocenters. The van der Waals surface area contributed by atoms with Gasteiger partial charge in [0.05, 0.1) is 22.0 Å². The number of aromatic nitrogens is 2. The number of para-hydroxylation sites is 1. The smallest absolute Gasteiger partial charge is 0.282 e. The molecule has 0 unspecified atom stereocenters. The number of nitro benzene ring substituents is 1. The molecule has 8 heteroatoms. The molecule has 1 heterocycles. The van der Waals surface area contributed by atoms with E-state index in [9.17, 15) is 14.9 Å². The Bertz CT molecular complexity index is 1470. The Morgan fingerprint density at radius 1 is 1.03 bits per heavy atom. The molecule has 182 valence electrons. The van der Waals surface area contributed by atoms with Crippen molar-refractivity contribution in [2.24, 2.45) is 5.10 Å². The van der Waals surface area contributed by atoms with Crippen LogP contribution in [0.5, 0.6) is 5.75 Å². The van der Waals surface area contributed by atoms with Crippen LogP contribution in [0.2, 0.25) is 0 Å². The van der Waals surface area contributed by atoms with Crippen LogP contribution in [0.25, 0.3) is 10.9 Å². The van der Waals surface area contributed by atoms with Gasteiger partial charge in [-0.1, -0.05) is 43.5 Å². The van der Waals surface area contributed by atoms with Crippen molar-refractivity contribution >= 4 is 22.8 Å². The molecule has 0 bridgehead atoms. The van der Waals surface area contributed by atoms with Gasteiger partial charge in [0.1, 0.15) is 18.2 Å². The van der Waals surface area contributed by atoms with E-state index in [-0.39, 0.29) is 23.8 Å². The summed E-state index contributed by atoms with van der Waals surface area (Å²) in [5.41, 5.74) is 2.11. The molecule has 5 rings (SSSR count). The van der Waals surface area contributed by atoms with Crippen LogP contribution in [0.3, 0.4) is 0 Å². The lowest BCUT2D eigenvalue weighted by Crippen LogP contribution is -2.25. The number of hydrogen-bond acceptors (Lipinski definition) is 6. The molecule has 0 N–H and O–H groups in total. The maximum Gasteiger partial charge on any atom is 0.282 e. The highest BCUT2D eigenvalue weighted by Crippen LogP contribution is 2.31. The molecular weight excluding hydrogens is 456 g/mol. The van der Waals surface area contributed by atoms with Gasteiger partial charge >= 0.3 is 0 Å². The normalized spacial score (nSPS) is 14.3. The predicted octanol–water partition coefficient (Wildman–Crippen LogP) is 5.81. The van der Waals surface area contributed by atoms with Crippen LogP contribution >= 0.6 is 0 Å². The lowest BCUT2D eigenvalue weighted by Gasteiger charge is -2.22. The predicted molar refractivity (Wildman–Crippen MR) is 139 cm³/mol. The zero-order chi connectivity index (χ0) is 24.9. The van der Waals surface area contributed by atoms with E-state index in [0.29, 0.717) is 22.2 Å². The second-order valence-corrected chi connectivity index (χ2v) is 8.97. The lowest BCUT2D eigenvalue weighted by molar-refractivity contribution is -0.384. The average Bonchev–Trinajstić information content (AvgIpc) is 2.92. The Balaban J connectivity index is 1.36. The lowest BCUT2D eigenvalue weighted by atomic mass is 9.88. The van der Waals surface area contributed by atoms with Crippen molar-refractivity contribution in [2.75, 3.05) is 0 Å². The Labute approximate surface area is 208 Å². The third kappa shape index (κ3) is 5.17. The van der Waals surface area contributed by atoms with Crippen molar-refractivity contribution in [3.05, 3.63) is 110 Å². The Hall–Kier alpha value is -4.33. The van der Waals surface area contributed by atoms with E-state index >= 15 is 0 Å². The van der Waals surface area contributed by atoms with Crippen molar-refractivity contribution in [2.45, 2.75) is 44.6 Å². The van der Waals surface area contributed by atoms with Crippen LogP contribution in [0.1, 0.15) is 55.0 Å². The summed E-state index contributed by atoms with van der Waals surface area (Å²) >= 11 is 0. The molecular formula is C28H26N4O4. The molecule has 8 nitrogen and oxygen atoms in total. The van der Waals surface area contributed by atoms with Crippen LogP contribution in [0.4, 0.5) is 5.69 Å². The summed E-state index contributed by atoms with van der Waals surface area (Å²) in [5, 5.41) is 16.1. The molecule has 36 heavy (non-hydrogen) atoms. The maximum atomic E-state index is 13.3. The van der Waals surface area contributed by atoms with E-state index in [0.717, 1.165) is 37.1 Å². The topological polar surface area (TPSA) is 99.6 Å². The van der Waals surface area contributed by atoms with Gasteiger partial charge in [-0.05, 0) is 60.4 Å². The highest BCUT2D eigenvalue weighted by atomic mass is 16.6. The van der Waals surface area contributed by atoms with Gasteiger partial charge in [-0.2, -0.15) is 9.78 Å². The summed E-state index contributed by atoms with van der Waals surface area (Å²) in [6.45, 7) is 0.220. The Kier molecular flexibility index (Phi) is 6.84. The molecule has 0 spiro atoms. The fourth-order valence-electron chi connectivity index (χ4n) is 4.58. The fraction of sp³-hybridized carbons (Fsp3) is 0.250. The Morgan fingerprint density at radius 2 is 1.81 bits per heavy atom. The molecule has 0 radical (unpaired) electrons. The first-order valence-electron chi connectivity index (χ1n) is 12.1. The largest absolute Gasteiger partial charge is 0.489 e. The monoisotopic (exact) mass is 482 g/mol. The first-order valence-corrected chi connectivity index (χ1v) is 12.1. The number of nitrogens with zero attached hydrogens (tertiary/aromatic N) is 4. The summed E-state index contributed by atoms with van der Waals surface area (Å²) in [4.78, 5) is 28.7. The molecule has 1 aliphatic carbocycles. The molecule has 4 aromatic rings. The SMILES string of the molecule is O=c1c2ccccc2nc(C2CCCCC2)n1N=Cc1ccc(OCc2cccc([N+](=O)[O-])c2)cc1. The van der Waals surface area contributed by atoms with Crippen molar-refractivity contribution in [3.8, 4) is 5.75 Å². The van der Waals surface area contributed by atoms with Gasteiger partial charge in [0.15, 0.2) is 0 Å². The summed E-state index contributed by atoms with van der Waals surface area (Å²) in [7, 11) is 0. The third-order valence-corrected chi connectivity index (χ3v) is 6.48. The first-order chi connectivity index (χ1) is 17.6. The molecule has 0 aliphatic heterocycles. The standard InChI is InChI=1S/C28H26N4O4/c33-28-25-11-4-5-12-26(25)30-27(22-8-2-1-3-9-22)31(28)29-18-20-13-15-24(16-14-20)36-19-21-7-6-10-23(17-21)32(34)35/h4-7,10-18,22H,1-3,8-9,19H2. The third-order valence-electron chi connectivity index (χ3n) is 6.48. The van der Waals surface area contributed by atoms with E-state index in [1.54, 1.807) is 24.4 Å². The second kappa shape index (κ2) is 10.5. The van der Waals surface area contributed by atoms with Gasteiger partial charge in [-0.3, -0.25) is 14.9 Å². The quantitative estimate of drug-likeness (QED) is 0.188. The van der Waals surface area contributed by atoms with Gasteiger partial charge in [0, 0.05) is 18.1 Å². The van der Waals surface area contributed by atoms with Crippen LogP contribution in [0.15, 0.2) is 82.7 Å². The molecule has 1 aromatic heterocycles. The van der Waals surface area contributed by atoms with Crippen LogP contribution in [0, 0.1) is 10.1 Å². The minimum atomic E-state index is -0.423. The summed E-state index contributed by atoms with van der Waals surface area (Å²) in [5.74, 6) is 1.58. The molecule has 0 saturated heterocycles. The van der Waals surface area contributed by atoms with Crippen molar-refractivity contribution < 1.29 is 9.66 Å². The highest BCUT2D eigenvalue weighted by Gasteiger charge is 2.22. The van der Waals surface area contributed by atoms with E-state index in [1.165, 1.54) is 23.2 Å². The van der Waals surface area contributed by atoms with E-state index in [4.69, 9.17) is 9.72 Å².